The normalized spacial score (nSPS) is 19.5. The molecule has 1 saturated heterocycles. The highest BCUT2D eigenvalue weighted by Gasteiger charge is 2.33. The van der Waals surface area contributed by atoms with Gasteiger partial charge in [0.05, 0.1) is 16.8 Å². The van der Waals surface area contributed by atoms with Gasteiger partial charge in [0.25, 0.3) is 0 Å². The number of hydrogen-bond acceptors (Lipinski definition) is 4. The monoisotopic (exact) mass is 427 g/mol. The Labute approximate surface area is 167 Å². The second-order valence-electron chi connectivity index (χ2n) is 6.29. The van der Waals surface area contributed by atoms with Gasteiger partial charge in [0, 0.05) is 23.0 Å². The molecule has 1 aliphatic rings. The van der Waals surface area contributed by atoms with Crippen molar-refractivity contribution in [2.75, 3.05) is 24.6 Å². The second kappa shape index (κ2) is 8.63. The molecule has 1 amide bonds. The standard InChI is InChI=1S/C19H19ClFNO3S2/c20-17-4-2-1-3-16(17)18-9-10-22(11-12-27(18,24)25)19(23)13-26-15-7-5-14(21)6-8-15/h1-8,18H,9-13H2. The smallest absolute Gasteiger partial charge is 0.232 e. The summed E-state index contributed by atoms with van der Waals surface area (Å²) in [5, 5.41) is -0.272. The van der Waals surface area contributed by atoms with Crippen LogP contribution in [0.2, 0.25) is 5.02 Å². The van der Waals surface area contributed by atoms with Crippen molar-refractivity contribution in [3.05, 3.63) is 64.9 Å². The second-order valence-corrected chi connectivity index (χ2v) is 10.0. The molecule has 1 heterocycles. The number of rotatable bonds is 4. The van der Waals surface area contributed by atoms with Crippen LogP contribution in [0.5, 0.6) is 0 Å². The maximum Gasteiger partial charge on any atom is 0.232 e. The number of sulfone groups is 1. The van der Waals surface area contributed by atoms with Crippen LogP contribution in [0.1, 0.15) is 17.2 Å². The molecule has 0 N–H and O–H groups in total. The summed E-state index contributed by atoms with van der Waals surface area (Å²) in [5.74, 6) is -0.355. The molecule has 1 unspecified atom stereocenters. The number of nitrogens with zero attached hydrogens (tertiary/aromatic N) is 1. The molecular formula is C19H19ClFNO3S2. The fraction of sp³-hybridized carbons (Fsp3) is 0.316. The highest BCUT2D eigenvalue weighted by Crippen LogP contribution is 2.34. The largest absolute Gasteiger partial charge is 0.341 e. The van der Waals surface area contributed by atoms with E-state index in [0.717, 1.165) is 4.90 Å². The summed E-state index contributed by atoms with van der Waals surface area (Å²) in [4.78, 5) is 14.9. The van der Waals surface area contributed by atoms with Gasteiger partial charge in [-0.3, -0.25) is 4.79 Å². The molecule has 4 nitrogen and oxygen atoms in total. The Hall–Kier alpha value is -1.57. The van der Waals surface area contributed by atoms with Gasteiger partial charge in [0.2, 0.25) is 5.91 Å². The Morgan fingerprint density at radius 1 is 1.15 bits per heavy atom. The Balaban J connectivity index is 1.67. The Morgan fingerprint density at radius 3 is 2.56 bits per heavy atom. The van der Waals surface area contributed by atoms with Gasteiger partial charge in [-0.1, -0.05) is 29.8 Å². The molecule has 0 radical (unpaired) electrons. The number of carbonyl (C=O) groups excluding carboxylic acids is 1. The lowest BCUT2D eigenvalue weighted by molar-refractivity contribution is -0.128. The van der Waals surface area contributed by atoms with Crippen LogP contribution >= 0.6 is 23.4 Å². The zero-order valence-electron chi connectivity index (χ0n) is 14.5. The minimum Gasteiger partial charge on any atom is -0.341 e. The fourth-order valence-electron chi connectivity index (χ4n) is 3.05. The van der Waals surface area contributed by atoms with Crippen LogP contribution in [0.15, 0.2) is 53.4 Å². The van der Waals surface area contributed by atoms with E-state index in [4.69, 9.17) is 11.6 Å². The minimum absolute atomic E-state index is 0.0875. The molecule has 0 spiro atoms. The van der Waals surface area contributed by atoms with Gasteiger partial charge in [-0.15, -0.1) is 11.8 Å². The molecular weight excluding hydrogens is 409 g/mol. The predicted octanol–water partition coefficient (Wildman–Crippen LogP) is 3.96. The molecule has 1 fully saturated rings. The average molecular weight is 428 g/mol. The number of halogens is 2. The van der Waals surface area contributed by atoms with Crippen LogP contribution in [-0.4, -0.2) is 43.8 Å². The number of carbonyl (C=O) groups is 1. The Bertz CT molecular complexity index is 919. The molecule has 3 rings (SSSR count). The quantitative estimate of drug-likeness (QED) is 0.693. The molecule has 0 aliphatic carbocycles. The zero-order valence-corrected chi connectivity index (χ0v) is 16.9. The van der Waals surface area contributed by atoms with Gasteiger partial charge < -0.3 is 4.90 Å². The number of benzene rings is 2. The van der Waals surface area contributed by atoms with Gasteiger partial charge in [-0.25, -0.2) is 12.8 Å². The SMILES string of the molecule is O=C(CSc1ccc(F)cc1)N1CCC(c2ccccc2Cl)S(=O)(=O)CC1. The van der Waals surface area contributed by atoms with Gasteiger partial charge >= 0.3 is 0 Å². The third-order valence-electron chi connectivity index (χ3n) is 4.52. The van der Waals surface area contributed by atoms with E-state index in [1.807, 2.05) is 0 Å². The molecule has 1 atom stereocenters. The summed E-state index contributed by atoms with van der Waals surface area (Å²) in [5.41, 5.74) is 0.592. The Morgan fingerprint density at radius 2 is 1.85 bits per heavy atom. The van der Waals surface area contributed by atoms with Crippen LogP contribution in [-0.2, 0) is 14.6 Å². The number of hydrogen-bond donors (Lipinski definition) is 0. The maximum absolute atomic E-state index is 12.9. The van der Waals surface area contributed by atoms with E-state index in [0.29, 0.717) is 23.6 Å². The van der Waals surface area contributed by atoms with E-state index < -0.39 is 15.1 Å². The van der Waals surface area contributed by atoms with E-state index in [1.165, 1.54) is 23.9 Å². The highest BCUT2D eigenvalue weighted by atomic mass is 35.5. The van der Waals surface area contributed by atoms with Gasteiger partial charge in [0.15, 0.2) is 9.84 Å². The van der Waals surface area contributed by atoms with Crippen molar-refractivity contribution in [2.24, 2.45) is 0 Å². The van der Waals surface area contributed by atoms with E-state index in [2.05, 4.69) is 0 Å². The van der Waals surface area contributed by atoms with Crippen molar-refractivity contribution in [2.45, 2.75) is 16.6 Å². The Kier molecular flexibility index (Phi) is 6.44. The van der Waals surface area contributed by atoms with Crippen LogP contribution in [0.4, 0.5) is 4.39 Å². The number of thioether (sulfide) groups is 1. The average Bonchev–Trinajstić information content (AvgIpc) is 2.80. The first-order chi connectivity index (χ1) is 12.9. The first-order valence-corrected chi connectivity index (χ1v) is 11.6. The molecule has 144 valence electrons. The number of amides is 1. The van der Waals surface area contributed by atoms with Gasteiger partial charge in [0.1, 0.15) is 5.82 Å². The van der Waals surface area contributed by atoms with Crippen molar-refractivity contribution < 1.29 is 17.6 Å². The summed E-state index contributed by atoms with van der Waals surface area (Å²) in [6.07, 6.45) is 0.318. The summed E-state index contributed by atoms with van der Waals surface area (Å²) in [7, 11) is -3.40. The van der Waals surface area contributed by atoms with Crippen molar-refractivity contribution in [3.63, 3.8) is 0 Å². The first kappa shape index (κ1) is 20.2. The van der Waals surface area contributed by atoms with E-state index >= 15 is 0 Å². The van der Waals surface area contributed by atoms with Crippen molar-refractivity contribution in [3.8, 4) is 0 Å². The van der Waals surface area contributed by atoms with Crippen LogP contribution in [0, 0.1) is 5.82 Å². The fourth-order valence-corrected chi connectivity index (χ4v) is 6.00. The molecule has 27 heavy (non-hydrogen) atoms. The minimum atomic E-state index is -3.40. The van der Waals surface area contributed by atoms with Crippen molar-refractivity contribution in [1.82, 2.24) is 4.90 Å². The summed E-state index contributed by atoms with van der Waals surface area (Å²) < 4.78 is 38.3. The zero-order chi connectivity index (χ0) is 19.4. The molecule has 8 heteroatoms. The summed E-state index contributed by atoms with van der Waals surface area (Å²) in [6, 6.07) is 12.9. The van der Waals surface area contributed by atoms with Gasteiger partial charge in [-0.05, 0) is 42.3 Å². The summed E-state index contributed by atoms with van der Waals surface area (Å²) >= 11 is 7.50. The van der Waals surface area contributed by atoms with E-state index in [9.17, 15) is 17.6 Å². The predicted molar refractivity (Wildman–Crippen MR) is 106 cm³/mol. The molecule has 0 bridgehead atoms. The molecule has 0 saturated carbocycles. The molecule has 1 aliphatic heterocycles. The van der Waals surface area contributed by atoms with Crippen LogP contribution in [0.25, 0.3) is 0 Å². The maximum atomic E-state index is 12.9. The van der Waals surface area contributed by atoms with Crippen LogP contribution < -0.4 is 0 Å². The van der Waals surface area contributed by atoms with E-state index in [1.54, 1.807) is 41.3 Å². The van der Waals surface area contributed by atoms with Crippen molar-refractivity contribution >= 4 is 39.1 Å². The lowest BCUT2D eigenvalue weighted by Gasteiger charge is -2.20. The van der Waals surface area contributed by atoms with E-state index in [-0.39, 0.29) is 29.8 Å². The topological polar surface area (TPSA) is 54.5 Å². The third kappa shape index (κ3) is 5.03. The lowest BCUT2D eigenvalue weighted by Crippen LogP contribution is -2.34. The first-order valence-electron chi connectivity index (χ1n) is 8.49. The molecule has 2 aromatic carbocycles. The van der Waals surface area contributed by atoms with Crippen LogP contribution in [0.3, 0.4) is 0 Å². The highest BCUT2D eigenvalue weighted by molar-refractivity contribution is 8.00. The molecule has 0 aromatic heterocycles. The molecule has 2 aromatic rings. The third-order valence-corrected chi connectivity index (χ3v) is 7.97. The lowest BCUT2D eigenvalue weighted by atomic mass is 10.1. The van der Waals surface area contributed by atoms with Gasteiger partial charge in [-0.2, -0.15) is 0 Å². The van der Waals surface area contributed by atoms with Crippen molar-refractivity contribution in [1.29, 1.82) is 0 Å². The summed E-state index contributed by atoms with van der Waals surface area (Å²) in [6.45, 7) is 0.532.